The van der Waals surface area contributed by atoms with E-state index in [1.165, 1.54) is 0 Å². The number of hydrogen-bond acceptors (Lipinski definition) is 4. The first kappa shape index (κ1) is 15.2. The van der Waals surface area contributed by atoms with Crippen molar-refractivity contribution in [2.45, 2.75) is 6.92 Å². The highest BCUT2D eigenvalue weighted by Gasteiger charge is 2.11. The molecular weight excluding hydrogens is 314 g/mol. The summed E-state index contributed by atoms with van der Waals surface area (Å²) in [6.45, 7) is 2.35. The van der Waals surface area contributed by atoms with E-state index in [-0.39, 0.29) is 5.90 Å². The average molecular weight is 331 g/mol. The molecule has 0 bridgehead atoms. The fraction of sp³-hybridized carbons (Fsp3) is 0.100. The van der Waals surface area contributed by atoms with Crippen LogP contribution in [0.25, 0.3) is 33.9 Å². The first-order valence-electron chi connectivity index (χ1n) is 8.11. The van der Waals surface area contributed by atoms with Crippen LogP contribution in [0.4, 0.5) is 0 Å². The summed E-state index contributed by atoms with van der Waals surface area (Å²) in [5.41, 5.74) is 3.58. The van der Waals surface area contributed by atoms with Gasteiger partial charge in [0, 0.05) is 11.1 Å². The Labute approximate surface area is 144 Å². The summed E-state index contributed by atoms with van der Waals surface area (Å²) >= 11 is 0. The largest absolute Gasteiger partial charge is 0.478 e. The number of fused-ring (bicyclic) bond motifs is 1. The third-order valence-electron chi connectivity index (χ3n) is 3.95. The van der Waals surface area contributed by atoms with Crippen LogP contribution in [0.5, 0.6) is 0 Å². The van der Waals surface area contributed by atoms with Gasteiger partial charge in [0.2, 0.25) is 5.90 Å². The molecule has 0 radical (unpaired) electrons. The highest BCUT2D eigenvalue weighted by Crippen LogP contribution is 2.28. The minimum atomic E-state index is 0.177. The highest BCUT2D eigenvalue weighted by molar-refractivity contribution is 5.92. The second kappa shape index (κ2) is 6.28. The van der Waals surface area contributed by atoms with Crippen molar-refractivity contribution in [1.82, 2.24) is 9.97 Å². The minimum Gasteiger partial charge on any atom is -0.478 e. The van der Waals surface area contributed by atoms with Gasteiger partial charge in [-0.3, -0.25) is 5.41 Å². The average Bonchev–Trinajstić information content (AvgIpc) is 3.29. The van der Waals surface area contributed by atoms with Gasteiger partial charge in [-0.05, 0) is 43.3 Å². The maximum absolute atomic E-state index is 7.82. The van der Waals surface area contributed by atoms with Crippen LogP contribution in [0.2, 0.25) is 0 Å². The number of imidazole rings is 1. The Morgan fingerprint density at radius 3 is 2.56 bits per heavy atom. The molecule has 0 aliphatic carbocycles. The molecule has 2 N–H and O–H groups in total. The van der Waals surface area contributed by atoms with Gasteiger partial charge in [-0.1, -0.05) is 24.3 Å². The lowest BCUT2D eigenvalue weighted by Crippen LogP contribution is -2.04. The SMILES string of the molecule is CCOC(=N)c1ccc(-c2ccc(-c3nc4ccccc4[nH]3)o2)cc1. The lowest BCUT2D eigenvalue weighted by atomic mass is 10.1. The van der Waals surface area contributed by atoms with Crippen LogP contribution in [0.1, 0.15) is 12.5 Å². The normalized spacial score (nSPS) is 10.9. The summed E-state index contributed by atoms with van der Waals surface area (Å²) in [5.74, 6) is 2.33. The molecule has 25 heavy (non-hydrogen) atoms. The van der Waals surface area contributed by atoms with Gasteiger partial charge < -0.3 is 14.1 Å². The van der Waals surface area contributed by atoms with Crippen LogP contribution in [0.3, 0.4) is 0 Å². The molecule has 0 spiro atoms. The number of rotatable bonds is 4. The summed E-state index contributed by atoms with van der Waals surface area (Å²) in [5, 5.41) is 7.82. The zero-order valence-corrected chi connectivity index (χ0v) is 13.7. The number of H-pyrrole nitrogens is 1. The number of nitrogens with one attached hydrogen (secondary N) is 2. The van der Waals surface area contributed by atoms with E-state index in [9.17, 15) is 0 Å². The fourth-order valence-corrected chi connectivity index (χ4v) is 2.70. The molecule has 2 aromatic carbocycles. The maximum Gasteiger partial charge on any atom is 0.213 e. The number of aromatic amines is 1. The minimum absolute atomic E-state index is 0.177. The van der Waals surface area contributed by atoms with Gasteiger partial charge in [0.1, 0.15) is 5.76 Å². The van der Waals surface area contributed by atoms with Crippen LogP contribution in [-0.4, -0.2) is 22.5 Å². The van der Waals surface area contributed by atoms with Gasteiger partial charge in [0.05, 0.1) is 17.6 Å². The number of nitrogens with zero attached hydrogens (tertiary/aromatic N) is 1. The van der Waals surface area contributed by atoms with Crippen LogP contribution in [0, 0.1) is 5.41 Å². The van der Waals surface area contributed by atoms with Crippen molar-refractivity contribution in [1.29, 1.82) is 5.41 Å². The number of aromatic nitrogens is 2. The Morgan fingerprint density at radius 1 is 1.04 bits per heavy atom. The van der Waals surface area contributed by atoms with Crippen molar-refractivity contribution in [3.63, 3.8) is 0 Å². The number of hydrogen-bond donors (Lipinski definition) is 2. The Balaban J connectivity index is 1.61. The third-order valence-corrected chi connectivity index (χ3v) is 3.95. The molecule has 0 amide bonds. The van der Waals surface area contributed by atoms with E-state index in [1.54, 1.807) is 0 Å². The van der Waals surface area contributed by atoms with Crippen molar-refractivity contribution in [2.75, 3.05) is 6.61 Å². The van der Waals surface area contributed by atoms with Crippen molar-refractivity contribution >= 4 is 16.9 Å². The van der Waals surface area contributed by atoms with E-state index in [4.69, 9.17) is 14.6 Å². The van der Waals surface area contributed by atoms with E-state index in [0.717, 1.165) is 27.9 Å². The van der Waals surface area contributed by atoms with Gasteiger partial charge in [0.15, 0.2) is 11.6 Å². The summed E-state index contributed by atoms with van der Waals surface area (Å²) in [7, 11) is 0. The summed E-state index contributed by atoms with van der Waals surface area (Å²) in [6, 6.07) is 19.3. The third kappa shape index (κ3) is 2.92. The lowest BCUT2D eigenvalue weighted by molar-refractivity contribution is 0.325. The smallest absolute Gasteiger partial charge is 0.213 e. The van der Waals surface area contributed by atoms with Crippen LogP contribution < -0.4 is 0 Å². The zero-order chi connectivity index (χ0) is 17.2. The quantitative estimate of drug-likeness (QED) is 0.414. The number of benzene rings is 2. The maximum atomic E-state index is 7.82. The molecule has 0 fully saturated rings. The summed E-state index contributed by atoms with van der Waals surface area (Å²) in [6.07, 6.45) is 0. The molecule has 2 aromatic heterocycles. The predicted molar refractivity (Wildman–Crippen MR) is 97.7 cm³/mol. The van der Waals surface area contributed by atoms with Crippen LogP contribution >= 0.6 is 0 Å². The van der Waals surface area contributed by atoms with Crippen LogP contribution in [0.15, 0.2) is 65.1 Å². The van der Waals surface area contributed by atoms with E-state index < -0.39 is 0 Å². The Morgan fingerprint density at radius 2 is 1.80 bits per heavy atom. The number of para-hydroxylation sites is 2. The van der Waals surface area contributed by atoms with Crippen molar-refractivity contribution in [2.24, 2.45) is 0 Å². The molecule has 4 rings (SSSR count). The predicted octanol–water partition coefficient (Wildman–Crippen LogP) is 4.85. The molecule has 0 atom stereocenters. The Kier molecular flexibility index (Phi) is 3.82. The summed E-state index contributed by atoms with van der Waals surface area (Å²) in [4.78, 5) is 7.82. The second-order valence-electron chi connectivity index (χ2n) is 5.61. The zero-order valence-electron chi connectivity index (χ0n) is 13.7. The molecule has 2 heterocycles. The molecule has 0 aliphatic heterocycles. The number of furan rings is 1. The van der Waals surface area contributed by atoms with E-state index in [1.807, 2.05) is 67.6 Å². The van der Waals surface area contributed by atoms with Gasteiger partial charge in [-0.15, -0.1) is 0 Å². The molecule has 0 saturated carbocycles. The van der Waals surface area contributed by atoms with Gasteiger partial charge in [-0.25, -0.2) is 4.98 Å². The Hall–Kier alpha value is -3.34. The lowest BCUT2D eigenvalue weighted by Gasteiger charge is -2.05. The molecular formula is C20H17N3O2. The summed E-state index contributed by atoms with van der Waals surface area (Å²) < 4.78 is 11.2. The van der Waals surface area contributed by atoms with Crippen molar-refractivity contribution in [3.05, 3.63) is 66.2 Å². The van der Waals surface area contributed by atoms with Gasteiger partial charge in [-0.2, -0.15) is 0 Å². The molecule has 5 heteroatoms. The molecule has 0 unspecified atom stereocenters. The molecule has 0 aliphatic rings. The number of ether oxygens (including phenoxy) is 1. The van der Waals surface area contributed by atoms with E-state index in [2.05, 4.69) is 9.97 Å². The van der Waals surface area contributed by atoms with Gasteiger partial charge in [0.25, 0.3) is 0 Å². The standard InChI is InChI=1S/C20H17N3O2/c1-2-24-19(21)14-9-7-13(8-10-14)17-11-12-18(25-17)20-22-15-5-3-4-6-16(15)23-20/h3-12,21H,2H2,1H3,(H,22,23). The molecule has 4 aromatic rings. The Bertz CT molecular complexity index is 995. The van der Waals surface area contributed by atoms with Gasteiger partial charge >= 0.3 is 0 Å². The second-order valence-corrected chi connectivity index (χ2v) is 5.61. The molecule has 0 saturated heterocycles. The van der Waals surface area contributed by atoms with Crippen LogP contribution in [-0.2, 0) is 4.74 Å². The molecule has 124 valence electrons. The molecule has 5 nitrogen and oxygen atoms in total. The highest BCUT2D eigenvalue weighted by atomic mass is 16.5. The monoisotopic (exact) mass is 331 g/mol. The van der Waals surface area contributed by atoms with Crippen molar-refractivity contribution < 1.29 is 9.15 Å². The topological polar surface area (TPSA) is 74.9 Å². The van der Waals surface area contributed by atoms with E-state index in [0.29, 0.717) is 18.2 Å². The van der Waals surface area contributed by atoms with E-state index >= 15 is 0 Å². The fourth-order valence-electron chi connectivity index (χ4n) is 2.70. The first-order valence-corrected chi connectivity index (χ1v) is 8.11. The first-order chi connectivity index (χ1) is 12.2. The van der Waals surface area contributed by atoms with Crippen molar-refractivity contribution in [3.8, 4) is 22.9 Å².